The smallest absolute Gasteiger partial charge is 0.227 e. The molecule has 1 amide bonds. The first-order valence-electron chi connectivity index (χ1n) is 10.0. The summed E-state index contributed by atoms with van der Waals surface area (Å²) in [6.07, 6.45) is 0.937. The van der Waals surface area contributed by atoms with E-state index in [1.54, 1.807) is 20.3 Å². The number of ether oxygens (including phenoxy) is 2. The van der Waals surface area contributed by atoms with Crippen molar-refractivity contribution in [3.8, 4) is 23.0 Å². The van der Waals surface area contributed by atoms with Crippen molar-refractivity contribution in [3.63, 3.8) is 0 Å². The Hall–Kier alpha value is -3.80. The summed E-state index contributed by atoms with van der Waals surface area (Å²) in [7, 11) is 3.19. The number of hydrogen-bond acceptors (Lipinski definition) is 5. The second-order valence-corrected chi connectivity index (χ2v) is 7.31. The number of fused-ring (bicyclic) bond motifs is 1. The van der Waals surface area contributed by atoms with Gasteiger partial charge in [0.1, 0.15) is 5.52 Å². The molecular formula is C25H24N2O4. The van der Waals surface area contributed by atoms with Gasteiger partial charge in [0, 0.05) is 23.7 Å². The van der Waals surface area contributed by atoms with Gasteiger partial charge in [-0.15, -0.1) is 0 Å². The molecular weight excluding hydrogens is 392 g/mol. The third kappa shape index (κ3) is 4.69. The van der Waals surface area contributed by atoms with Gasteiger partial charge in [-0.1, -0.05) is 23.8 Å². The molecule has 0 aliphatic rings. The summed E-state index contributed by atoms with van der Waals surface area (Å²) in [4.78, 5) is 17.0. The summed E-state index contributed by atoms with van der Waals surface area (Å²) in [5.74, 6) is 1.81. The molecule has 0 radical (unpaired) electrons. The van der Waals surface area contributed by atoms with E-state index in [9.17, 15) is 4.79 Å². The van der Waals surface area contributed by atoms with E-state index in [2.05, 4.69) is 10.3 Å². The predicted octanol–water partition coefficient (Wildman–Crippen LogP) is 5.39. The van der Waals surface area contributed by atoms with Gasteiger partial charge in [-0.2, -0.15) is 0 Å². The van der Waals surface area contributed by atoms with Crippen LogP contribution in [0.5, 0.6) is 11.5 Å². The first kappa shape index (κ1) is 20.5. The molecule has 158 valence electrons. The molecule has 4 rings (SSSR count). The summed E-state index contributed by atoms with van der Waals surface area (Å²) in [6.45, 7) is 2.03. The van der Waals surface area contributed by atoms with Crippen LogP contribution in [0, 0.1) is 6.92 Å². The molecule has 1 heterocycles. The van der Waals surface area contributed by atoms with Crippen molar-refractivity contribution in [1.82, 2.24) is 4.98 Å². The Labute approximate surface area is 180 Å². The lowest BCUT2D eigenvalue weighted by Gasteiger charge is -2.09. The second kappa shape index (κ2) is 8.92. The Morgan fingerprint density at radius 1 is 1.00 bits per heavy atom. The van der Waals surface area contributed by atoms with Crippen molar-refractivity contribution < 1.29 is 18.7 Å². The van der Waals surface area contributed by atoms with E-state index >= 15 is 0 Å². The van der Waals surface area contributed by atoms with Crippen LogP contribution in [-0.2, 0) is 11.2 Å². The van der Waals surface area contributed by atoms with Crippen LogP contribution in [0.3, 0.4) is 0 Å². The van der Waals surface area contributed by atoms with Gasteiger partial charge in [-0.05, 0) is 55.3 Å². The normalized spacial score (nSPS) is 10.8. The number of carbonyl (C=O) groups is 1. The molecule has 0 saturated carbocycles. The first-order chi connectivity index (χ1) is 15.1. The van der Waals surface area contributed by atoms with Gasteiger partial charge in [-0.25, -0.2) is 4.98 Å². The molecule has 3 aromatic carbocycles. The fraction of sp³-hybridized carbons (Fsp3) is 0.200. The second-order valence-electron chi connectivity index (χ2n) is 7.31. The topological polar surface area (TPSA) is 73.6 Å². The largest absolute Gasteiger partial charge is 0.493 e. The van der Waals surface area contributed by atoms with Crippen molar-refractivity contribution in [2.24, 2.45) is 0 Å². The summed E-state index contributed by atoms with van der Waals surface area (Å²) in [5, 5.41) is 2.93. The zero-order valence-electron chi connectivity index (χ0n) is 17.8. The zero-order chi connectivity index (χ0) is 21.8. The van der Waals surface area contributed by atoms with Gasteiger partial charge in [0.2, 0.25) is 11.8 Å². The summed E-state index contributed by atoms with van der Waals surface area (Å²) >= 11 is 0. The van der Waals surface area contributed by atoms with Crippen LogP contribution in [0.2, 0.25) is 0 Å². The van der Waals surface area contributed by atoms with Gasteiger partial charge in [0.15, 0.2) is 17.1 Å². The third-order valence-corrected chi connectivity index (χ3v) is 5.03. The molecule has 0 aliphatic carbocycles. The number of amides is 1. The predicted molar refractivity (Wildman–Crippen MR) is 121 cm³/mol. The van der Waals surface area contributed by atoms with E-state index in [4.69, 9.17) is 13.9 Å². The van der Waals surface area contributed by atoms with E-state index in [0.717, 1.165) is 22.2 Å². The highest BCUT2D eigenvalue weighted by atomic mass is 16.5. The number of anilines is 1. The highest BCUT2D eigenvalue weighted by Crippen LogP contribution is 2.29. The number of benzene rings is 3. The van der Waals surface area contributed by atoms with Crippen LogP contribution in [0.4, 0.5) is 5.69 Å². The minimum absolute atomic E-state index is 0.0763. The van der Waals surface area contributed by atoms with Crippen molar-refractivity contribution in [2.75, 3.05) is 19.5 Å². The number of hydrogen-bond donors (Lipinski definition) is 1. The number of methoxy groups -OCH3 is 2. The van der Waals surface area contributed by atoms with Crippen molar-refractivity contribution in [1.29, 1.82) is 0 Å². The molecule has 0 unspecified atom stereocenters. The molecule has 0 spiro atoms. The molecule has 0 aliphatic heterocycles. The van der Waals surface area contributed by atoms with Crippen molar-refractivity contribution >= 4 is 22.7 Å². The molecule has 1 aromatic heterocycles. The highest BCUT2D eigenvalue weighted by Gasteiger charge is 2.11. The van der Waals surface area contributed by atoms with E-state index in [-0.39, 0.29) is 5.91 Å². The number of aromatic nitrogens is 1. The maximum absolute atomic E-state index is 12.5. The monoisotopic (exact) mass is 416 g/mol. The minimum atomic E-state index is -0.0763. The Morgan fingerprint density at radius 3 is 2.61 bits per heavy atom. The Bertz CT molecular complexity index is 1230. The molecule has 0 atom stereocenters. The minimum Gasteiger partial charge on any atom is -0.493 e. The lowest BCUT2D eigenvalue weighted by Crippen LogP contribution is -2.12. The molecule has 0 bridgehead atoms. The number of oxazole rings is 1. The van der Waals surface area contributed by atoms with Gasteiger partial charge in [0.05, 0.1) is 14.2 Å². The first-order valence-corrected chi connectivity index (χ1v) is 10.0. The molecule has 1 N–H and O–H groups in total. The maximum Gasteiger partial charge on any atom is 0.227 e. The van der Waals surface area contributed by atoms with E-state index in [1.807, 2.05) is 61.5 Å². The standard InChI is InChI=1S/C25H24N2O4/c1-16-5-4-6-18(13-16)25-27-20-10-9-19(15-22(20)31-25)26-24(28)12-8-17-7-11-21(29-2)23(14-17)30-3/h4-7,9-11,13-15H,8,12H2,1-3H3,(H,26,28). The van der Waals surface area contributed by atoms with E-state index < -0.39 is 0 Å². The Morgan fingerprint density at radius 2 is 1.84 bits per heavy atom. The summed E-state index contributed by atoms with van der Waals surface area (Å²) < 4.78 is 16.5. The van der Waals surface area contributed by atoms with Crippen LogP contribution in [0.25, 0.3) is 22.6 Å². The number of nitrogens with one attached hydrogen (secondary N) is 1. The lowest BCUT2D eigenvalue weighted by molar-refractivity contribution is -0.116. The maximum atomic E-state index is 12.5. The Balaban J connectivity index is 1.43. The number of carbonyl (C=O) groups excluding carboxylic acids is 1. The van der Waals surface area contributed by atoms with Gasteiger partial charge in [-0.3, -0.25) is 4.79 Å². The van der Waals surface area contributed by atoms with Gasteiger partial charge < -0.3 is 19.2 Å². The molecule has 0 saturated heterocycles. The summed E-state index contributed by atoms with van der Waals surface area (Å²) in [5.41, 5.74) is 5.13. The Kier molecular flexibility index (Phi) is 5.89. The van der Waals surface area contributed by atoms with Gasteiger partial charge >= 0.3 is 0 Å². The van der Waals surface area contributed by atoms with Crippen LogP contribution in [-0.4, -0.2) is 25.1 Å². The highest BCUT2D eigenvalue weighted by molar-refractivity contribution is 5.93. The SMILES string of the molecule is COc1ccc(CCC(=O)Nc2ccc3nc(-c4cccc(C)c4)oc3c2)cc1OC. The third-order valence-electron chi connectivity index (χ3n) is 5.03. The fourth-order valence-corrected chi connectivity index (χ4v) is 3.42. The fourth-order valence-electron chi connectivity index (χ4n) is 3.42. The van der Waals surface area contributed by atoms with Crippen LogP contribution < -0.4 is 14.8 Å². The summed E-state index contributed by atoms with van der Waals surface area (Å²) in [6, 6.07) is 19.1. The van der Waals surface area contributed by atoms with Crippen molar-refractivity contribution in [3.05, 3.63) is 71.8 Å². The number of nitrogens with zero attached hydrogens (tertiary/aromatic N) is 1. The average molecular weight is 416 g/mol. The molecule has 4 aromatic rings. The van der Waals surface area contributed by atoms with Crippen LogP contribution in [0.15, 0.2) is 65.1 Å². The van der Waals surface area contributed by atoms with E-state index in [0.29, 0.717) is 41.5 Å². The van der Waals surface area contributed by atoms with E-state index in [1.165, 1.54) is 0 Å². The van der Waals surface area contributed by atoms with Crippen molar-refractivity contribution in [2.45, 2.75) is 19.8 Å². The molecule has 6 heteroatoms. The molecule has 6 nitrogen and oxygen atoms in total. The van der Waals surface area contributed by atoms with Gasteiger partial charge in [0.25, 0.3) is 0 Å². The average Bonchev–Trinajstić information content (AvgIpc) is 3.21. The quantitative estimate of drug-likeness (QED) is 0.437. The van der Waals surface area contributed by atoms with Crippen LogP contribution >= 0.6 is 0 Å². The van der Waals surface area contributed by atoms with Crippen LogP contribution in [0.1, 0.15) is 17.5 Å². The lowest BCUT2D eigenvalue weighted by atomic mass is 10.1. The molecule has 31 heavy (non-hydrogen) atoms. The number of rotatable bonds is 7. The number of aryl methyl sites for hydroxylation is 2. The zero-order valence-corrected chi connectivity index (χ0v) is 17.8. The molecule has 0 fully saturated rings.